The third-order valence-corrected chi connectivity index (χ3v) is 5.76. The predicted molar refractivity (Wildman–Crippen MR) is 88.1 cm³/mol. The van der Waals surface area contributed by atoms with Gasteiger partial charge in [-0.2, -0.15) is 0 Å². The number of aryl methyl sites for hydroxylation is 1. The van der Waals surface area contributed by atoms with Crippen molar-refractivity contribution in [3.63, 3.8) is 0 Å². The van der Waals surface area contributed by atoms with Crippen molar-refractivity contribution in [2.45, 2.75) is 26.7 Å². The summed E-state index contributed by atoms with van der Waals surface area (Å²) in [7, 11) is -3.64. The number of rotatable bonds is 6. The first kappa shape index (κ1) is 17.9. The Hall–Kier alpha value is -1.45. The van der Waals surface area contributed by atoms with E-state index in [1.807, 2.05) is 6.92 Å². The van der Waals surface area contributed by atoms with Crippen LogP contribution in [0.1, 0.15) is 35.5 Å². The number of anilines is 1. The molecule has 0 saturated carbocycles. The van der Waals surface area contributed by atoms with Gasteiger partial charge in [0, 0.05) is 23.8 Å². The van der Waals surface area contributed by atoms with Gasteiger partial charge >= 0.3 is 5.97 Å². The molecule has 9 heteroatoms. The number of sulfonamides is 1. The lowest BCUT2D eigenvalue weighted by Crippen LogP contribution is -2.28. The van der Waals surface area contributed by atoms with E-state index in [-0.39, 0.29) is 37.2 Å². The van der Waals surface area contributed by atoms with E-state index in [0.717, 1.165) is 11.3 Å². The molecule has 0 radical (unpaired) electrons. The third-order valence-electron chi connectivity index (χ3n) is 3.53. The van der Waals surface area contributed by atoms with Crippen molar-refractivity contribution >= 4 is 38.2 Å². The lowest BCUT2D eigenvalue weighted by molar-refractivity contribution is -0.117. The molecule has 1 aromatic rings. The molecule has 1 amide bonds. The number of hydrogen-bond donors (Lipinski definition) is 1. The fraction of sp³-hybridized carbons (Fsp3) is 0.571. The van der Waals surface area contributed by atoms with E-state index in [1.165, 1.54) is 16.2 Å². The Labute approximate surface area is 139 Å². The standard InChI is InChI=1S/C14H20N2O5S2/c1-3-10-6-11(14(18)21-4-2)13(22-10)16-7-9(5-12(16)17)8-23(15,19)20/h6,9H,3-5,7-8H2,1-2H3,(H2,15,19,20). The van der Waals surface area contributed by atoms with Crippen LogP contribution in [0.2, 0.25) is 0 Å². The molecule has 0 aliphatic carbocycles. The molecule has 1 fully saturated rings. The maximum Gasteiger partial charge on any atom is 0.341 e. The van der Waals surface area contributed by atoms with Gasteiger partial charge in [0.1, 0.15) is 5.00 Å². The first-order valence-electron chi connectivity index (χ1n) is 7.35. The van der Waals surface area contributed by atoms with Crippen LogP contribution < -0.4 is 10.0 Å². The van der Waals surface area contributed by atoms with Gasteiger partial charge < -0.3 is 9.64 Å². The maximum atomic E-state index is 12.2. The molecule has 0 spiro atoms. The van der Waals surface area contributed by atoms with Gasteiger partial charge in [-0.15, -0.1) is 11.3 Å². The molecule has 2 heterocycles. The molecule has 1 aliphatic rings. The number of ether oxygens (including phenoxy) is 1. The second-order valence-electron chi connectivity index (χ2n) is 5.41. The molecule has 2 N–H and O–H groups in total. The minimum Gasteiger partial charge on any atom is -0.462 e. The zero-order chi connectivity index (χ0) is 17.2. The fourth-order valence-electron chi connectivity index (χ4n) is 2.58. The van der Waals surface area contributed by atoms with Crippen LogP contribution in [0.4, 0.5) is 5.00 Å². The Balaban J connectivity index is 2.28. The van der Waals surface area contributed by atoms with E-state index in [2.05, 4.69) is 0 Å². The normalized spacial score (nSPS) is 18.5. The monoisotopic (exact) mass is 360 g/mol. The Kier molecular flexibility index (Phi) is 5.43. The van der Waals surface area contributed by atoms with E-state index >= 15 is 0 Å². The summed E-state index contributed by atoms with van der Waals surface area (Å²) >= 11 is 1.36. The number of hydrogen-bond acceptors (Lipinski definition) is 6. The van der Waals surface area contributed by atoms with Crippen molar-refractivity contribution < 1.29 is 22.7 Å². The van der Waals surface area contributed by atoms with Crippen LogP contribution in [0.5, 0.6) is 0 Å². The Bertz CT molecular complexity index is 711. The van der Waals surface area contributed by atoms with Gasteiger partial charge in [-0.05, 0) is 19.4 Å². The fourth-order valence-corrected chi connectivity index (χ4v) is 4.57. The summed E-state index contributed by atoms with van der Waals surface area (Å²) < 4.78 is 27.5. The Morgan fingerprint density at radius 1 is 1.48 bits per heavy atom. The van der Waals surface area contributed by atoms with Crippen LogP contribution in [-0.4, -0.2) is 39.2 Å². The SMILES string of the molecule is CCOC(=O)c1cc(CC)sc1N1CC(CS(N)(=O)=O)CC1=O. The number of carbonyl (C=O) groups excluding carboxylic acids is 2. The molecule has 7 nitrogen and oxygen atoms in total. The number of esters is 1. The van der Waals surface area contributed by atoms with Crippen LogP contribution in [0.25, 0.3) is 0 Å². The summed E-state index contributed by atoms with van der Waals surface area (Å²) in [6.07, 6.45) is 0.845. The van der Waals surface area contributed by atoms with Crippen LogP contribution in [0.3, 0.4) is 0 Å². The van der Waals surface area contributed by atoms with Gasteiger partial charge in [-0.3, -0.25) is 4.79 Å². The minimum absolute atomic E-state index is 0.109. The van der Waals surface area contributed by atoms with Crippen LogP contribution in [0.15, 0.2) is 6.07 Å². The number of nitrogens with two attached hydrogens (primary N) is 1. The first-order valence-corrected chi connectivity index (χ1v) is 9.89. The summed E-state index contributed by atoms with van der Waals surface area (Å²) in [6, 6.07) is 1.73. The quantitative estimate of drug-likeness (QED) is 0.765. The number of carbonyl (C=O) groups is 2. The Morgan fingerprint density at radius 3 is 2.74 bits per heavy atom. The van der Waals surface area contributed by atoms with Crippen molar-refractivity contribution in [3.05, 3.63) is 16.5 Å². The van der Waals surface area contributed by atoms with Crippen molar-refractivity contribution in [2.24, 2.45) is 11.1 Å². The lowest BCUT2D eigenvalue weighted by atomic mass is 10.1. The maximum absolute atomic E-state index is 12.2. The number of amides is 1. The highest BCUT2D eigenvalue weighted by Crippen LogP contribution is 2.36. The van der Waals surface area contributed by atoms with Crippen LogP contribution in [-0.2, 0) is 26.0 Å². The van der Waals surface area contributed by atoms with Crippen LogP contribution in [0, 0.1) is 5.92 Å². The highest BCUT2D eigenvalue weighted by atomic mass is 32.2. The largest absolute Gasteiger partial charge is 0.462 e. The van der Waals surface area contributed by atoms with E-state index in [1.54, 1.807) is 13.0 Å². The lowest BCUT2D eigenvalue weighted by Gasteiger charge is -2.16. The first-order chi connectivity index (χ1) is 10.7. The average Bonchev–Trinajstić information content (AvgIpc) is 3.00. The topological polar surface area (TPSA) is 107 Å². The molecule has 1 aliphatic heterocycles. The van der Waals surface area contributed by atoms with Gasteiger partial charge in [0.15, 0.2) is 0 Å². The third kappa shape index (κ3) is 4.30. The van der Waals surface area contributed by atoms with Crippen molar-refractivity contribution in [1.82, 2.24) is 0 Å². The summed E-state index contributed by atoms with van der Waals surface area (Å²) in [4.78, 5) is 26.8. The second-order valence-corrected chi connectivity index (χ2v) is 8.18. The van der Waals surface area contributed by atoms with E-state index in [9.17, 15) is 18.0 Å². The van der Waals surface area contributed by atoms with E-state index < -0.39 is 16.0 Å². The molecule has 128 valence electrons. The molecule has 1 unspecified atom stereocenters. The minimum atomic E-state index is -3.64. The molecule has 2 rings (SSSR count). The summed E-state index contributed by atoms with van der Waals surface area (Å²) in [5.74, 6) is -1.27. The molecule has 0 bridgehead atoms. The summed E-state index contributed by atoms with van der Waals surface area (Å²) in [5, 5.41) is 5.59. The Morgan fingerprint density at radius 2 is 2.17 bits per heavy atom. The molecule has 1 aromatic heterocycles. The summed E-state index contributed by atoms with van der Waals surface area (Å²) in [5.41, 5.74) is 0.360. The smallest absolute Gasteiger partial charge is 0.341 e. The van der Waals surface area contributed by atoms with Crippen molar-refractivity contribution in [3.8, 4) is 0 Å². The van der Waals surface area contributed by atoms with Gasteiger partial charge in [0.05, 0.1) is 17.9 Å². The molecule has 1 saturated heterocycles. The van der Waals surface area contributed by atoms with Gasteiger partial charge in [0.2, 0.25) is 15.9 Å². The molecular formula is C14H20N2O5S2. The molecule has 23 heavy (non-hydrogen) atoms. The van der Waals surface area contributed by atoms with Gasteiger partial charge in [0.25, 0.3) is 0 Å². The zero-order valence-corrected chi connectivity index (χ0v) is 14.7. The second kappa shape index (κ2) is 6.98. The molecule has 1 atom stereocenters. The highest BCUT2D eigenvalue weighted by molar-refractivity contribution is 7.89. The average molecular weight is 360 g/mol. The zero-order valence-electron chi connectivity index (χ0n) is 13.1. The number of nitrogens with zero attached hydrogens (tertiary/aromatic N) is 1. The predicted octanol–water partition coefficient (Wildman–Crippen LogP) is 1.13. The van der Waals surface area contributed by atoms with Gasteiger partial charge in [-0.25, -0.2) is 18.4 Å². The molecular weight excluding hydrogens is 340 g/mol. The van der Waals surface area contributed by atoms with E-state index in [4.69, 9.17) is 9.88 Å². The molecule has 0 aromatic carbocycles. The summed E-state index contributed by atoms with van der Waals surface area (Å²) in [6.45, 7) is 4.16. The van der Waals surface area contributed by atoms with E-state index in [0.29, 0.717) is 10.6 Å². The number of thiophene rings is 1. The van der Waals surface area contributed by atoms with Gasteiger partial charge in [-0.1, -0.05) is 6.92 Å². The number of primary sulfonamides is 1. The van der Waals surface area contributed by atoms with Crippen molar-refractivity contribution in [1.29, 1.82) is 0 Å². The van der Waals surface area contributed by atoms with Crippen molar-refractivity contribution in [2.75, 3.05) is 23.8 Å². The van der Waals surface area contributed by atoms with Crippen LogP contribution >= 0.6 is 11.3 Å². The highest BCUT2D eigenvalue weighted by Gasteiger charge is 2.36.